The summed E-state index contributed by atoms with van der Waals surface area (Å²) in [6, 6.07) is 7.15. The molecule has 0 bridgehead atoms. The summed E-state index contributed by atoms with van der Waals surface area (Å²) in [5.74, 6) is -0.0846. The van der Waals surface area contributed by atoms with Crippen LogP contribution in [0.1, 0.15) is 29.3 Å². The van der Waals surface area contributed by atoms with E-state index in [0.29, 0.717) is 36.6 Å². The predicted molar refractivity (Wildman–Crippen MR) is 112 cm³/mol. The minimum absolute atomic E-state index is 0.102. The van der Waals surface area contributed by atoms with E-state index in [0.717, 1.165) is 4.88 Å². The Labute approximate surface area is 183 Å². The lowest BCUT2D eigenvalue weighted by molar-refractivity contribution is -0.138. The molecule has 164 valence electrons. The van der Waals surface area contributed by atoms with Crippen LogP contribution in [0.5, 0.6) is 11.5 Å². The molecule has 0 spiro atoms. The maximum absolute atomic E-state index is 12.9. The molecule has 31 heavy (non-hydrogen) atoms. The van der Waals surface area contributed by atoms with Gasteiger partial charge in [-0.3, -0.25) is 9.59 Å². The number of thiophene rings is 1. The van der Waals surface area contributed by atoms with Gasteiger partial charge in [0.1, 0.15) is 6.04 Å². The van der Waals surface area contributed by atoms with Gasteiger partial charge in [-0.15, -0.1) is 11.3 Å². The summed E-state index contributed by atoms with van der Waals surface area (Å²) in [6.07, 6.45) is 0.226. The molecule has 2 atom stereocenters. The number of urea groups is 1. The summed E-state index contributed by atoms with van der Waals surface area (Å²) in [4.78, 5) is 41.2. The van der Waals surface area contributed by atoms with Crippen LogP contribution in [0.2, 0.25) is 0 Å². The molecule has 3 amide bonds. The zero-order valence-corrected chi connectivity index (χ0v) is 17.8. The number of likely N-dealkylation sites (tertiary alicyclic amines) is 1. The van der Waals surface area contributed by atoms with E-state index in [4.69, 9.17) is 9.47 Å². The van der Waals surface area contributed by atoms with Crippen LogP contribution in [0, 0.1) is 0 Å². The summed E-state index contributed by atoms with van der Waals surface area (Å²) in [7, 11) is 1.52. The van der Waals surface area contributed by atoms with Crippen LogP contribution >= 0.6 is 11.3 Å². The average Bonchev–Trinajstić information content (AvgIpc) is 3.49. The van der Waals surface area contributed by atoms with Crippen LogP contribution < -0.4 is 14.8 Å². The van der Waals surface area contributed by atoms with Gasteiger partial charge >= 0.3 is 12.0 Å². The third kappa shape index (κ3) is 4.58. The number of hydrogen-bond donors (Lipinski definition) is 2. The maximum Gasteiger partial charge on any atom is 0.318 e. The standard InChI is InChI=1S/C21H23N3O6S/c1-23(16(10-19(25)26)13-4-5-17-18(9-13)30-12-29-17)21(28)22-15-6-7-24(20(15)27)11-14-3-2-8-31-14/h2-5,8-9,15-16H,6-7,10-12H2,1H3,(H,22,28)(H,25,26)/t15?,16-/m0/s1. The smallest absolute Gasteiger partial charge is 0.318 e. The molecule has 3 heterocycles. The Morgan fingerprint density at radius 1 is 1.32 bits per heavy atom. The molecule has 0 radical (unpaired) electrons. The molecule has 9 nitrogen and oxygen atoms in total. The van der Waals surface area contributed by atoms with E-state index in [2.05, 4.69) is 5.32 Å². The molecule has 2 aliphatic rings. The van der Waals surface area contributed by atoms with Crippen LogP contribution in [0.4, 0.5) is 4.79 Å². The quantitative estimate of drug-likeness (QED) is 0.678. The minimum atomic E-state index is -1.04. The predicted octanol–water partition coefficient (Wildman–Crippen LogP) is 2.44. The topological polar surface area (TPSA) is 108 Å². The van der Waals surface area contributed by atoms with E-state index >= 15 is 0 Å². The Kier molecular flexibility index (Phi) is 5.99. The van der Waals surface area contributed by atoms with Gasteiger partial charge in [-0.05, 0) is 35.6 Å². The molecule has 0 saturated carbocycles. The van der Waals surface area contributed by atoms with Crippen molar-refractivity contribution in [3.8, 4) is 11.5 Å². The van der Waals surface area contributed by atoms with Crippen molar-refractivity contribution >= 4 is 29.2 Å². The normalized spacial score (nSPS) is 18.2. The highest BCUT2D eigenvalue weighted by atomic mass is 32.1. The first-order valence-corrected chi connectivity index (χ1v) is 10.8. The third-order valence-electron chi connectivity index (χ3n) is 5.46. The number of carbonyl (C=O) groups is 3. The van der Waals surface area contributed by atoms with Gasteiger partial charge in [-0.25, -0.2) is 4.79 Å². The molecule has 2 aromatic rings. The van der Waals surface area contributed by atoms with E-state index in [9.17, 15) is 19.5 Å². The highest BCUT2D eigenvalue weighted by molar-refractivity contribution is 7.09. The average molecular weight is 445 g/mol. The van der Waals surface area contributed by atoms with Gasteiger partial charge in [0.15, 0.2) is 11.5 Å². The Balaban J connectivity index is 1.43. The van der Waals surface area contributed by atoms with Crippen LogP contribution in [0.3, 0.4) is 0 Å². The maximum atomic E-state index is 12.9. The van der Waals surface area contributed by atoms with Crippen molar-refractivity contribution in [2.75, 3.05) is 20.4 Å². The Bertz CT molecular complexity index is 979. The fraction of sp³-hybridized carbons (Fsp3) is 0.381. The summed E-state index contributed by atoms with van der Waals surface area (Å²) < 4.78 is 10.7. The lowest BCUT2D eigenvalue weighted by Gasteiger charge is -2.29. The first-order valence-electron chi connectivity index (χ1n) is 9.88. The van der Waals surface area contributed by atoms with Gasteiger partial charge in [0.05, 0.1) is 19.0 Å². The van der Waals surface area contributed by atoms with Gasteiger partial charge in [0, 0.05) is 18.5 Å². The van der Waals surface area contributed by atoms with Gasteiger partial charge in [-0.1, -0.05) is 12.1 Å². The van der Waals surface area contributed by atoms with E-state index in [-0.39, 0.29) is 19.1 Å². The molecule has 4 rings (SSSR count). The third-order valence-corrected chi connectivity index (χ3v) is 6.32. The summed E-state index contributed by atoms with van der Waals surface area (Å²) in [5, 5.41) is 14.1. The first-order chi connectivity index (χ1) is 14.9. The monoisotopic (exact) mass is 445 g/mol. The molecular formula is C21H23N3O6S. The Morgan fingerprint density at radius 3 is 2.87 bits per heavy atom. The molecule has 1 aromatic heterocycles. The van der Waals surface area contributed by atoms with Crippen molar-refractivity contribution in [1.82, 2.24) is 15.1 Å². The molecule has 1 fully saturated rings. The highest BCUT2D eigenvalue weighted by Crippen LogP contribution is 2.36. The second kappa shape index (κ2) is 8.84. The number of benzene rings is 1. The number of carboxylic acids is 1. The largest absolute Gasteiger partial charge is 0.481 e. The van der Waals surface area contributed by atoms with Crippen molar-refractivity contribution in [3.05, 3.63) is 46.2 Å². The number of aliphatic carboxylic acids is 1. The zero-order valence-electron chi connectivity index (χ0n) is 16.9. The fourth-order valence-electron chi connectivity index (χ4n) is 3.78. The van der Waals surface area contributed by atoms with E-state index < -0.39 is 24.1 Å². The van der Waals surface area contributed by atoms with Crippen LogP contribution in [-0.4, -0.2) is 59.2 Å². The lowest BCUT2D eigenvalue weighted by atomic mass is 10.0. The van der Waals surface area contributed by atoms with Gasteiger partial charge in [0.25, 0.3) is 0 Å². The number of fused-ring (bicyclic) bond motifs is 1. The molecule has 1 unspecified atom stereocenters. The van der Waals surface area contributed by atoms with E-state index in [1.807, 2.05) is 17.5 Å². The van der Waals surface area contributed by atoms with Crippen LogP contribution in [0.25, 0.3) is 0 Å². The van der Waals surface area contributed by atoms with Gasteiger partial charge in [-0.2, -0.15) is 0 Å². The zero-order chi connectivity index (χ0) is 22.0. The number of nitrogens with one attached hydrogen (secondary N) is 1. The number of nitrogens with zero attached hydrogens (tertiary/aromatic N) is 2. The molecule has 1 saturated heterocycles. The number of rotatable bonds is 7. The molecule has 10 heteroatoms. The summed E-state index contributed by atoms with van der Waals surface area (Å²) in [5.41, 5.74) is 0.612. The van der Waals surface area contributed by atoms with Gasteiger partial charge < -0.3 is 29.7 Å². The second-order valence-electron chi connectivity index (χ2n) is 7.47. The molecule has 2 N–H and O–H groups in total. The van der Waals surface area contributed by atoms with Crippen LogP contribution in [0.15, 0.2) is 35.7 Å². The van der Waals surface area contributed by atoms with Gasteiger partial charge in [0.2, 0.25) is 12.7 Å². The SMILES string of the molecule is CN(C(=O)NC1CCN(Cc2cccs2)C1=O)[C@@H](CC(=O)O)c1ccc2c(c1)OCO2. The molecule has 0 aliphatic carbocycles. The Hall–Kier alpha value is -3.27. The summed E-state index contributed by atoms with van der Waals surface area (Å²) >= 11 is 1.58. The number of amides is 3. The Morgan fingerprint density at radius 2 is 2.13 bits per heavy atom. The highest BCUT2D eigenvalue weighted by Gasteiger charge is 2.35. The van der Waals surface area contributed by atoms with Crippen molar-refractivity contribution in [3.63, 3.8) is 0 Å². The van der Waals surface area contributed by atoms with E-state index in [1.54, 1.807) is 34.4 Å². The van der Waals surface area contributed by atoms with Crippen molar-refractivity contribution in [1.29, 1.82) is 0 Å². The summed E-state index contributed by atoms with van der Waals surface area (Å²) in [6.45, 7) is 1.19. The van der Waals surface area contributed by atoms with E-state index in [1.165, 1.54) is 11.9 Å². The number of carboxylic acid groups (broad SMARTS) is 1. The van der Waals surface area contributed by atoms with Crippen molar-refractivity contribution in [2.24, 2.45) is 0 Å². The second-order valence-corrected chi connectivity index (χ2v) is 8.50. The van der Waals surface area contributed by atoms with Crippen LogP contribution in [-0.2, 0) is 16.1 Å². The van der Waals surface area contributed by atoms with Crippen molar-refractivity contribution in [2.45, 2.75) is 31.5 Å². The first kappa shape index (κ1) is 21.0. The molecular weight excluding hydrogens is 422 g/mol. The number of carbonyl (C=O) groups excluding carboxylic acids is 2. The minimum Gasteiger partial charge on any atom is -0.481 e. The number of ether oxygens (including phenoxy) is 2. The molecule has 1 aromatic carbocycles. The molecule has 2 aliphatic heterocycles. The fourth-order valence-corrected chi connectivity index (χ4v) is 4.50. The number of hydrogen-bond acceptors (Lipinski definition) is 6. The van der Waals surface area contributed by atoms with Crippen molar-refractivity contribution < 1.29 is 29.0 Å². The lowest BCUT2D eigenvalue weighted by Crippen LogP contribution is -2.47.